The van der Waals surface area contributed by atoms with Gasteiger partial charge >= 0.3 is 0 Å². The van der Waals surface area contributed by atoms with E-state index in [4.69, 9.17) is 4.74 Å². The van der Waals surface area contributed by atoms with E-state index < -0.39 is 0 Å². The molecule has 0 heterocycles. The van der Waals surface area contributed by atoms with Crippen LogP contribution in [0.15, 0.2) is 18.2 Å². The topological polar surface area (TPSA) is 21.3 Å². The molecule has 0 aromatic heterocycles. The molecular formula is C12H19NO. The maximum absolute atomic E-state index is 5.32. The molecule has 0 fully saturated rings. The second kappa shape index (κ2) is 5.01. The minimum Gasteiger partial charge on any atom is -0.496 e. The summed E-state index contributed by atoms with van der Waals surface area (Å²) in [5.41, 5.74) is 2.45. The number of ether oxygens (including phenoxy) is 1. The van der Waals surface area contributed by atoms with E-state index in [1.807, 2.05) is 0 Å². The van der Waals surface area contributed by atoms with E-state index in [0.29, 0.717) is 6.04 Å². The normalized spacial score (nSPS) is 10.6. The van der Waals surface area contributed by atoms with Crippen molar-refractivity contribution in [2.75, 3.05) is 7.11 Å². The first-order valence-corrected chi connectivity index (χ1v) is 5.00. The van der Waals surface area contributed by atoms with Gasteiger partial charge in [0.15, 0.2) is 0 Å². The molecule has 0 aliphatic heterocycles. The Morgan fingerprint density at radius 1 is 1.36 bits per heavy atom. The Balaban J connectivity index is 2.75. The number of rotatable bonds is 4. The molecule has 0 radical (unpaired) electrons. The molecule has 0 saturated carbocycles. The van der Waals surface area contributed by atoms with Gasteiger partial charge in [-0.15, -0.1) is 0 Å². The lowest BCUT2D eigenvalue weighted by atomic mass is 10.1. The SMILES string of the molecule is COc1cc(C)ccc1CNC(C)C. The number of methoxy groups -OCH3 is 1. The van der Waals surface area contributed by atoms with Gasteiger partial charge in [-0.25, -0.2) is 0 Å². The zero-order chi connectivity index (χ0) is 10.6. The van der Waals surface area contributed by atoms with Crippen molar-refractivity contribution in [2.45, 2.75) is 33.4 Å². The summed E-state index contributed by atoms with van der Waals surface area (Å²) in [6, 6.07) is 6.79. The van der Waals surface area contributed by atoms with Crippen LogP contribution in [0.4, 0.5) is 0 Å². The second-order valence-electron chi connectivity index (χ2n) is 3.85. The fraction of sp³-hybridized carbons (Fsp3) is 0.500. The lowest BCUT2D eigenvalue weighted by Gasteiger charge is -2.12. The van der Waals surface area contributed by atoms with Gasteiger partial charge in [-0.3, -0.25) is 0 Å². The van der Waals surface area contributed by atoms with Crippen molar-refractivity contribution in [1.82, 2.24) is 5.32 Å². The number of hydrogen-bond donors (Lipinski definition) is 1. The quantitative estimate of drug-likeness (QED) is 0.793. The molecule has 0 amide bonds. The van der Waals surface area contributed by atoms with Crippen molar-refractivity contribution < 1.29 is 4.74 Å². The van der Waals surface area contributed by atoms with Gasteiger partial charge < -0.3 is 10.1 Å². The van der Waals surface area contributed by atoms with Crippen LogP contribution in [0.1, 0.15) is 25.0 Å². The van der Waals surface area contributed by atoms with Gasteiger partial charge in [-0.1, -0.05) is 26.0 Å². The van der Waals surface area contributed by atoms with Gasteiger partial charge in [0.1, 0.15) is 5.75 Å². The van der Waals surface area contributed by atoms with Crippen molar-refractivity contribution in [3.05, 3.63) is 29.3 Å². The highest BCUT2D eigenvalue weighted by atomic mass is 16.5. The Morgan fingerprint density at radius 3 is 2.64 bits per heavy atom. The summed E-state index contributed by atoms with van der Waals surface area (Å²) in [6.45, 7) is 7.21. The highest BCUT2D eigenvalue weighted by Gasteiger charge is 2.02. The monoisotopic (exact) mass is 193 g/mol. The van der Waals surface area contributed by atoms with E-state index in [9.17, 15) is 0 Å². The number of benzene rings is 1. The van der Waals surface area contributed by atoms with Crippen LogP contribution < -0.4 is 10.1 Å². The zero-order valence-corrected chi connectivity index (χ0v) is 9.42. The Kier molecular flexibility index (Phi) is 3.96. The van der Waals surface area contributed by atoms with Gasteiger partial charge in [0.25, 0.3) is 0 Å². The second-order valence-corrected chi connectivity index (χ2v) is 3.85. The predicted molar refractivity (Wildman–Crippen MR) is 59.7 cm³/mol. The summed E-state index contributed by atoms with van der Waals surface area (Å²) in [5, 5.41) is 3.38. The molecule has 1 aromatic rings. The largest absolute Gasteiger partial charge is 0.496 e. The molecule has 0 bridgehead atoms. The smallest absolute Gasteiger partial charge is 0.123 e. The van der Waals surface area contributed by atoms with Crippen molar-refractivity contribution in [2.24, 2.45) is 0 Å². The Bertz CT molecular complexity index is 294. The highest BCUT2D eigenvalue weighted by molar-refractivity contribution is 5.36. The molecule has 0 unspecified atom stereocenters. The van der Waals surface area contributed by atoms with Crippen LogP contribution in [-0.2, 0) is 6.54 Å². The highest BCUT2D eigenvalue weighted by Crippen LogP contribution is 2.19. The summed E-state index contributed by atoms with van der Waals surface area (Å²) >= 11 is 0. The van der Waals surface area contributed by atoms with E-state index >= 15 is 0 Å². The Labute approximate surface area is 86.3 Å². The zero-order valence-electron chi connectivity index (χ0n) is 9.42. The standard InChI is InChI=1S/C12H19NO/c1-9(2)13-8-11-6-5-10(3)7-12(11)14-4/h5-7,9,13H,8H2,1-4H3. The average Bonchev–Trinajstić information content (AvgIpc) is 2.15. The van der Waals surface area contributed by atoms with Crippen molar-refractivity contribution >= 4 is 0 Å². The minimum absolute atomic E-state index is 0.501. The average molecular weight is 193 g/mol. The molecule has 14 heavy (non-hydrogen) atoms. The molecular weight excluding hydrogens is 174 g/mol. The Morgan fingerprint density at radius 2 is 2.07 bits per heavy atom. The molecule has 78 valence electrons. The van der Waals surface area contributed by atoms with E-state index in [-0.39, 0.29) is 0 Å². The van der Waals surface area contributed by atoms with E-state index in [2.05, 4.69) is 44.3 Å². The minimum atomic E-state index is 0.501. The van der Waals surface area contributed by atoms with Crippen LogP contribution in [0.5, 0.6) is 5.75 Å². The van der Waals surface area contributed by atoms with Crippen molar-refractivity contribution in [3.8, 4) is 5.75 Å². The molecule has 0 aliphatic rings. The molecule has 0 atom stereocenters. The third-order valence-corrected chi connectivity index (χ3v) is 2.14. The number of hydrogen-bond acceptors (Lipinski definition) is 2. The molecule has 2 nitrogen and oxygen atoms in total. The molecule has 0 saturated heterocycles. The van der Waals surface area contributed by atoms with Gasteiger partial charge in [0, 0.05) is 18.2 Å². The van der Waals surface area contributed by atoms with Gasteiger partial charge in [0.2, 0.25) is 0 Å². The fourth-order valence-corrected chi connectivity index (χ4v) is 1.31. The van der Waals surface area contributed by atoms with Crippen LogP contribution in [0, 0.1) is 6.92 Å². The third kappa shape index (κ3) is 3.04. The van der Waals surface area contributed by atoms with E-state index in [0.717, 1.165) is 12.3 Å². The van der Waals surface area contributed by atoms with Crippen LogP contribution in [0.25, 0.3) is 0 Å². The summed E-state index contributed by atoms with van der Waals surface area (Å²) < 4.78 is 5.32. The lowest BCUT2D eigenvalue weighted by molar-refractivity contribution is 0.406. The van der Waals surface area contributed by atoms with Gasteiger partial charge in [-0.2, -0.15) is 0 Å². The summed E-state index contributed by atoms with van der Waals surface area (Å²) in [6.07, 6.45) is 0. The first-order chi connectivity index (χ1) is 6.63. The fourth-order valence-electron chi connectivity index (χ4n) is 1.31. The molecule has 2 heteroatoms. The van der Waals surface area contributed by atoms with E-state index in [1.54, 1.807) is 7.11 Å². The van der Waals surface area contributed by atoms with Crippen LogP contribution >= 0.6 is 0 Å². The molecule has 0 spiro atoms. The first kappa shape index (κ1) is 11.1. The number of aryl methyl sites for hydroxylation is 1. The molecule has 1 N–H and O–H groups in total. The van der Waals surface area contributed by atoms with E-state index in [1.165, 1.54) is 11.1 Å². The lowest BCUT2D eigenvalue weighted by Crippen LogP contribution is -2.22. The predicted octanol–water partition coefficient (Wildman–Crippen LogP) is 2.50. The Hall–Kier alpha value is -1.02. The summed E-state index contributed by atoms with van der Waals surface area (Å²) in [7, 11) is 1.72. The maximum atomic E-state index is 5.32. The van der Waals surface area contributed by atoms with Crippen LogP contribution in [0.2, 0.25) is 0 Å². The van der Waals surface area contributed by atoms with Crippen LogP contribution in [-0.4, -0.2) is 13.2 Å². The number of nitrogens with one attached hydrogen (secondary N) is 1. The molecule has 0 aliphatic carbocycles. The van der Waals surface area contributed by atoms with Gasteiger partial charge in [0.05, 0.1) is 7.11 Å². The molecule has 1 rings (SSSR count). The third-order valence-electron chi connectivity index (χ3n) is 2.14. The summed E-state index contributed by atoms with van der Waals surface area (Å²) in [5.74, 6) is 0.971. The maximum Gasteiger partial charge on any atom is 0.123 e. The van der Waals surface area contributed by atoms with Crippen molar-refractivity contribution in [1.29, 1.82) is 0 Å². The molecule has 1 aromatic carbocycles. The van der Waals surface area contributed by atoms with Gasteiger partial charge in [-0.05, 0) is 18.6 Å². The van der Waals surface area contributed by atoms with Crippen molar-refractivity contribution in [3.63, 3.8) is 0 Å². The first-order valence-electron chi connectivity index (χ1n) is 5.00. The van der Waals surface area contributed by atoms with Crippen LogP contribution in [0.3, 0.4) is 0 Å². The summed E-state index contributed by atoms with van der Waals surface area (Å²) in [4.78, 5) is 0.